The van der Waals surface area contributed by atoms with Gasteiger partial charge in [-0.2, -0.15) is 0 Å². The van der Waals surface area contributed by atoms with Crippen molar-refractivity contribution in [3.8, 4) is 0 Å². The van der Waals surface area contributed by atoms with Crippen LogP contribution in [0, 0.1) is 0 Å². The first-order valence-electron chi connectivity index (χ1n) is 7.11. The molecule has 1 unspecified atom stereocenters. The van der Waals surface area contributed by atoms with Gasteiger partial charge in [-0.15, -0.1) is 0 Å². The minimum atomic E-state index is -0.160. The molecular formula is C16H26BrNO. The van der Waals surface area contributed by atoms with Crippen LogP contribution in [0.5, 0.6) is 0 Å². The number of ether oxygens (including phenoxy) is 1. The standard InChI is InChI=1S/C16H26BrNO/c1-5-10-18-15(16(3,4)19-6-2)12-13-8-7-9-14(17)11-13/h7-9,11,15,18H,5-6,10,12H2,1-4H3. The van der Waals surface area contributed by atoms with Crippen molar-refractivity contribution < 1.29 is 4.74 Å². The minimum absolute atomic E-state index is 0.160. The van der Waals surface area contributed by atoms with Crippen LogP contribution in [0.25, 0.3) is 0 Å². The molecule has 19 heavy (non-hydrogen) atoms. The zero-order chi connectivity index (χ0) is 14.3. The molecular weight excluding hydrogens is 302 g/mol. The Morgan fingerprint density at radius 3 is 2.63 bits per heavy atom. The molecule has 108 valence electrons. The molecule has 0 amide bonds. The van der Waals surface area contributed by atoms with Gasteiger partial charge < -0.3 is 10.1 Å². The third kappa shape index (κ3) is 5.64. The summed E-state index contributed by atoms with van der Waals surface area (Å²) in [6.07, 6.45) is 2.11. The number of halogens is 1. The molecule has 0 aliphatic rings. The zero-order valence-electron chi connectivity index (χ0n) is 12.5. The monoisotopic (exact) mass is 327 g/mol. The Balaban J connectivity index is 2.79. The predicted molar refractivity (Wildman–Crippen MR) is 85.6 cm³/mol. The largest absolute Gasteiger partial charge is 0.374 e. The summed E-state index contributed by atoms with van der Waals surface area (Å²) in [5, 5.41) is 3.62. The van der Waals surface area contributed by atoms with E-state index < -0.39 is 0 Å². The van der Waals surface area contributed by atoms with E-state index in [1.165, 1.54) is 5.56 Å². The minimum Gasteiger partial charge on any atom is -0.374 e. The van der Waals surface area contributed by atoms with Gasteiger partial charge >= 0.3 is 0 Å². The second-order valence-corrected chi connectivity index (χ2v) is 6.29. The van der Waals surface area contributed by atoms with E-state index >= 15 is 0 Å². The molecule has 0 fully saturated rings. The van der Waals surface area contributed by atoms with Gasteiger partial charge in [-0.25, -0.2) is 0 Å². The highest BCUT2D eigenvalue weighted by atomic mass is 79.9. The molecule has 1 atom stereocenters. The topological polar surface area (TPSA) is 21.3 Å². The van der Waals surface area contributed by atoms with Crippen LogP contribution in [0.4, 0.5) is 0 Å². The second kappa shape index (κ2) is 8.03. The average Bonchev–Trinajstić information content (AvgIpc) is 2.34. The molecule has 0 heterocycles. The first kappa shape index (κ1) is 16.7. The fraction of sp³-hybridized carbons (Fsp3) is 0.625. The Bertz CT molecular complexity index is 379. The van der Waals surface area contributed by atoms with Gasteiger partial charge in [0, 0.05) is 17.1 Å². The van der Waals surface area contributed by atoms with E-state index in [9.17, 15) is 0 Å². The Hall–Kier alpha value is -0.380. The highest BCUT2D eigenvalue weighted by Crippen LogP contribution is 2.21. The molecule has 0 saturated carbocycles. The Kier molecular flexibility index (Phi) is 7.05. The van der Waals surface area contributed by atoms with E-state index in [1.54, 1.807) is 0 Å². The van der Waals surface area contributed by atoms with E-state index in [2.05, 4.69) is 73.2 Å². The molecule has 0 spiro atoms. The van der Waals surface area contributed by atoms with Crippen molar-refractivity contribution in [1.29, 1.82) is 0 Å². The quantitative estimate of drug-likeness (QED) is 0.773. The van der Waals surface area contributed by atoms with Crippen LogP contribution >= 0.6 is 15.9 Å². The van der Waals surface area contributed by atoms with E-state index in [1.807, 2.05) is 0 Å². The van der Waals surface area contributed by atoms with Crippen LogP contribution < -0.4 is 5.32 Å². The highest BCUT2D eigenvalue weighted by molar-refractivity contribution is 9.10. The Labute approximate surface area is 126 Å². The predicted octanol–water partition coefficient (Wildman–Crippen LogP) is 4.17. The van der Waals surface area contributed by atoms with Crippen LogP contribution in [0.3, 0.4) is 0 Å². The van der Waals surface area contributed by atoms with Crippen molar-refractivity contribution in [3.05, 3.63) is 34.3 Å². The average molecular weight is 328 g/mol. The third-order valence-electron chi connectivity index (χ3n) is 3.33. The van der Waals surface area contributed by atoms with Gasteiger partial charge in [-0.1, -0.05) is 35.0 Å². The van der Waals surface area contributed by atoms with Gasteiger partial charge in [0.05, 0.1) is 5.60 Å². The summed E-state index contributed by atoms with van der Waals surface area (Å²) in [5.74, 6) is 0. The van der Waals surface area contributed by atoms with E-state index in [-0.39, 0.29) is 5.60 Å². The van der Waals surface area contributed by atoms with Crippen LogP contribution in [-0.4, -0.2) is 24.8 Å². The fourth-order valence-electron chi connectivity index (χ4n) is 2.25. The van der Waals surface area contributed by atoms with Gasteiger partial charge in [-0.3, -0.25) is 0 Å². The summed E-state index contributed by atoms with van der Waals surface area (Å²) >= 11 is 3.53. The summed E-state index contributed by atoms with van der Waals surface area (Å²) < 4.78 is 7.05. The summed E-state index contributed by atoms with van der Waals surface area (Å²) in [7, 11) is 0. The van der Waals surface area contributed by atoms with Crippen LogP contribution in [-0.2, 0) is 11.2 Å². The maximum atomic E-state index is 5.92. The van der Waals surface area contributed by atoms with Crippen molar-refractivity contribution in [1.82, 2.24) is 5.32 Å². The van der Waals surface area contributed by atoms with Gasteiger partial charge in [-0.05, 0) is 57.9 Å². The second-order valence-electron chi connectivity index (χ2n) is 5.38. The fourth-order valence-corrected chi connectivity index (χ4v) is 2.70. The molecule has 1 rings (SSSR count). The van der Waals surface area contributed by atoms with Crippen molar-refractivity contribution >= 4 is 15.9 Å². The van der Waals surface area contributed by atoms with Gasteiger partial charge in [0.15, 0.2) is 0 Å². The molecule has 0 aromatic heterocycles. The molecule has 0 radical (unpaired) electrons. The molecule has 1 aromatic rings. The van der Waals surface area contributed by atoms with E-state index in [4.69, 9.17) is 4.74 Å². The molecule has 1 N–H and O–H groups in total. The molecule has 1 aromatic carbocycles. The van der Waals surface area contributed by atoms with E-state index in [0.717, 1.165) is 30.5 Å². The van der Waals surface area contributed by atoms with Crippen LogP contribution in [0.2, 0.25) is 0 Å². The lowest BCUT2D eigenvalue weighted by atomic mass is 9.92. The van der Waals surface area contributed by atoms with Crippen molar-refractivity contribution in [2.24, 2.45) is 0 Å². The van der Waals surface area contributed by atoms with Gasteiger partial charge in [0.2, 0.25) is 0 Å². The van der Waals surface area contributed by atoms with Crippen LogP contribution in [0.15, 0.2) is 28.7 Å². The lowest BCUT2D eigenvalue weighted by Crippen LogP contribution is -2.50. The highest BCUT2D eigenvalue weighted by Gasteiger charge is 2.29. The van der Waals surface area contributed by atoms with E-state index in [0.29, 0.717) is 6.04 Å². The number of rotatable bonds is 8. The van der Waals surface area contributed by atoms with Crippen molar-refractivity contribution in [2.45, 2.75) is 52.2 Å². The molecule has 0 saturated heterocycles. The van der Waals surface area contributed by atoms with Gasteiger partial charge in [0.1, 0.15) is 0 Å². The maximum Gasteiger partial charge on any atom is 0.0781 e. The lowest BCUT2D eigenvalue weighted by molar-refractivity contribution is -0.0379. The molecule has 0 aliphatic heterocycles. The molecule has 0 aliphatic carbocycles. The Morgan fingerprint density at radius 2 is 2.05 bits per heavy atom. The smallest absolute Gasteiger partial charge is 0.0781 e. The first-order valence-corrected chi connectivity index (χ1v) is 7.90. The summed E-state index contributed by atoms with van der Waals surface area (Å²) in [6, 6.07) is 8.83. The number of nitrogens with one attached hydrogen (secondary N) is 1. The number of hydrogen-bond donors (Lipinski definition) is 1. The summed E-state index contributed by atoms with van der Waals surface area (Å²) in [6.45, 7) is 10.4. The molecule has 3 heteroatoms. The molecule has 0 bridgehead atoms. The summed E-state index contributed by atoms with van der Waals surface area (Å²) in [5.41, 5.74) is 1.17. The van der Waals surface area contributed by atoms with Gasteiger partial charge in [0.25, 0.3) is 0 Å². The SMILES string of the molecule is CCCNC(Cc1cccc(Br)c1)C(C)(C)OCC. The molecule has 2 nitrogen and oxygen atoms in total. The van der Waals surface area contributed by atoms with Crippen molar-refractivity contribution in [2.75, 3.05) is 13.2 Å². The third-order valence-corrected chi connectivity index (χ3v) is 3.82. The Morgan fingerprint density at radius 1 is 1.32 bits per heavy atom. The number of hydrogen-bond acceptors (Lipinski definition) is 2. The zero-order valence-corrected chi connectivity index (χ0v) is 14.1. The lowest BCUT2D eigenvalue weighted by Gasteiger charge is -2.35. The van der Waals surface area contributed by atoms with Crippen molar-refractivity contribution in [3.63, 3.8) is 0 Å². The number of benzene rings is 1. The van der Waals surface area contributed by atoms with Crippen LogP contribution in [0.1, 0.15) is 39.7 Å². The maximum absolute atomic E-state index is 5.92. The summed E-state index contributed by atoms with van der Waals surface area (Å²) in [4.78, 5) is 0. The first-order chi connectivity index (χ1) is 8.99. The normalized spacial score (nSPS) is 13.5.